The number of nitrogens with zero attached hydrogens (tertiary/aromatic N) is 4. The molecule has 1 saturated heterocycles. The quantitative estimate of drug-likeness (QED) is 0.0518. The highest BCUT2D eigenvalue weighted by Crippen LogP contribution is 2.32. The predicted molar refractivity (Wildman–Crippen MR) is 189 cm³/mol. The molecule has 2 aliphatic rings. The molecule has 2 aliphatic heterocycles. The van der Waals surface area contributed by atoms with E-state index in [1.807, 2.05) is 37.4 Å². The number of imide groups is 2. The van der Waals surface area contributed by atoms with Crippen molar-refractivity contribution >= 4 is 46.8 Å². The molecule has 1 fully saturated rings. The maximum atomic E-state index is 13.3. The summed E-state index contributed by atoms with van der Waals surface area (Å²) in [5, 5.41) is 25.5. The molecule has 4 aromatic rings. The summed E-state index contributed by atoms with van der Waals surface area (Å²) in [5.74, 6) is -2.68. The number of carbonyl (C=O) groups excluding carboxylic acids is 6. The summed E-state index contributed by atoms with van der Waals surface area (Å²) < 4.78 is 7.60. The van der Waals surface area contributed by atoms with Crippen molar-refractivity contribution < 1.29 is 38.7 Å². The Kier molecular flexibility index (Phi) is 11.2. The van der Waals surface area contributed by atoms with Gasteiger partial charge in [0.15, 0.2) is 0 Å². The number of amides is 6. The first-order valence-corrected chi connectivity index (χ1v) is 17.2. The second kappa shape index (κ2) is 16.3. The number of benzene rings is 3. The lowest BCUT2D eigenvalue weighted by Gasteiger charge is -2.27. The Morgan fingerprint density at radius 3 is 2.57 bits per heavy atom. The van der Waals surface area contributed by atoms with E-state index in [0.29, 0.717) is 36.5 Å². The van der Waals surface area contributed by atoms with E-state index in [1.165, 1.54) is 6.07 Å². The second-order valence-corrected chi connectivity index (χ2v) is 12.8. The number of piperidine rings is 1. The minimum Gasteiger partial charge on any atom is -0.487 e. The molecule has 274 valence electrons. The lowest BCUT2D eigenvalue weighted by atomic mass is 10.0. The zero-order chi connectivity index (χ0) is 37.5. The SMILES string of the molecule is Cc1ccc(C(=O)NO)cc1NCc1ccc(OCc2cn(CCCCCC(=O)Nc3cccc4c3C(=O)N(C3CCC(=O)NC3=O)C4=O)nn2)cc1. The van der Waals surface area contributed by atoms with Crippen molar-refractivity contribution in [1.29, 1.82) is 0 Å². The van der Waals surface area contributed by atoms with E-state index in [9.17, 15) is 28.8 Å². The van der Waals surface area contributed by atoms with Crippen LogP contribution in [0.5, 0.6) is 5.75 Å². The van der Waals surface area contributed by atoms with Gasteiger partial charge in [0.25, 0.3) is 17.7 Å². The second-order valence-electron chi connectivity index (χ2n) is 12.8. The minimum atomic E-state index is -1.09. The Labute approximate surface area is 303 Å². The van der Waals surface area contributed by atoms with Gasteiger partial charge in [0.05, 0.1) is 23.0 Å². The van der Waals surface area contributed by atoms with E-state index < -0.39 is 35.6 Å². The molecule has 0 saturated carbocycles. The zero-order valence-electron chi connectivity index (χ0n) is 28.9. The molecule has 3 aromatic carbocycles. The Morgan fingerprint density at radius 2 is 1.79 bits per heavy atom. The first-order chi connectivity index (χ1) is 25.6. The van der Waals surface area contributed by atoms with E-state index in [-0.39, 0.29) is 48.6 Å². The predicted octanol–water partition coefficient (Wildman–Crippen LogP) is 3.50. The van der Waals surface area contributed by atoms with Gasteiger partial charge in [0.1, 0.15) is 24.1 Å². The Balaban J connectivity index is 0.902. The number of anilines is 2. The standard InChI is InChI=1S/C37H38N8O8/c1-22-9-12-24(34(48)42-52)18-29(22)38-19-23-10-13-26(14-11-23)53-21-25-20-44(43-41-25)17-4-2-3-8-31(46)39-28-7-5-6-27-33(28)37(51)45(36(27)50)30-15-16-32(47)40-35(30)49/h5-7,9-14,18,20,30,38,52H,2-4,8,15-17,19,21H2,1H3,(H,39,46)(H,42,48)(H,40,47,49). The fraction of sp³-hybridized carbons (Fsp3) is 0.297. The minimum absolute atomic E-state index is 0.0195. The monoisotopic (exact) mass is 722 g/mol. The Morgan fingerprint density at radius 1 is 0.981 bits per heavy atom. The molecule has 53 heavy (non-hydrogen) atoms. The number of carbonyl (C=O) groups is 6. The third kappa shape index (κ3) is 8.56. The summed E-state index contributed by atoms with van der Waals surface area (Å²) in [4.78, 5) is 75.6. The van der Waals surface area contributed by atoms with Crippen molar-refractivity contribution in [2.24, 2.45) is 0 Å². The average Bonchev–Trinajstić information content (AvgIpc) is 3.71. The van der Waals surface area contributed by atoms with E-state index in [1.54, 1.807) is 40.5 Å². The molecule has 0 aliphatic carbocycles. The van der Waals surface area contributed by atoms with Gasteiger partial charge in [0.2, 0.25) is 17.7 Å². The summed E-state index contributed by atoms with van der Waals surface area (Å²) in [5.41, 5.74) is 5.75. The number of aromatic nitrogens is 3. The van der Waals surface area contributed by atoms with E-state index in [0.717, 1.165) is 34.6 Å². The van der Waals surface area contributed by atoms with E-state index >= 15 is 0 Å². The van der Waals surface area contributed by atoms with Crippen LogP contribution in [-0.2, 0) is 34.1 Å². The van der Waals surface area contributed by atoms with Crippen LogP contribution in [0.15, 0.2) is 66.9 Å². The molecule has 6 amide bonds. The maximum absolute atomic E-state index is 13.3. The maximum Gasteiger partial charge on any atom is 0.274 e. The molecule has 16 nitrogen and oxygen atoms in total. The summed E-state index contributed by atoms with van der Waals surface area (Å²) >= 11 is 0. The number of fused-ring (bicyclic) bond motifs is 1. The number of ether oxygens (including phenoxy) is 1. The van der Waals surface area contributed by atoms with E-state index in [4.69, 9.17) is 9.94 Å². The molecule has 0 bridgehead atoms. The van der Waals surface area contributed by atoms with Crippen molar-refractivity contribution in [3.63, 3.8) is 0 Å². The summed E-state index contributed by atoms with van der Waals surface area (Å²) in [6.07, 6.45) is 4.14. The molecular formula is C37H38N8O8. The first kappa shape index (κ1) is 36.4. The van der Waals surface area contributed by atoms with Gasteiger partial charge < -0.3 is 15.4 Å². The summed E-state index contributed by atoms with van der Waals surface area (Å²) in [6.45, 7) is 3.28. The number of aryl methyl sites for hydroxylation is 2. The van der Waals surface area contributed by atoms with Gasteiger partial charge >= 0.3 is 0 Å². The lowest BCUT2D eigenvalue weighted by Crippen LogP contribution is -2.54. The van der Waals surface area contributed by atoms with Crippen LogP contribution in [0.4, 0.5) is 11.4 Å². The van der Waals surface area contributed by atoms with Crippen LogP contribution in [0.1, 0.15) is 86.4 Å². The largest absolute Gasteiger partial charge is 0.487 e. The number of hydrogen-bond acceptors (Lipinski definition) is 11. The van der Waals surface area contributed by atoms with Crippen LogP contribution in [0, 0.1) is 6.92 Å². The number of unbranched alkanes of at least 4 members (excludes halogenated alkanes) is 2. The highest BCUT2D eigenvalue weighted by Gasteiger charge is 2.45. The topological polar surface area (TPSA) is 214 Å². The van der Waals surface area contributed by atoms with Gasteiger partial charge in [-0.2, -0.15) is 0 Å². The van der Waals surface area contributed by atoms with Crippen LogP contribution >= 0.6 is 0 Å². The van der Waals surface area contributed by atoms with Crippen LogP contribution < -0.4 is 26.2 Å². The summed E-state index contributed by atoms with van der Waals surface area (Å²) in [7, 11) is 0. The van der Waals surface area contributed by atoms with Crippen molar-refractivity contribution in [2.75, 3.05) is 10.6 Å². The fourth-order valence-electron chi connectivity index (χ4n) is 6.16. The molecule has 1 aromatic heterocycles. The van der Waals surface area contributed by atoms with Gasteiger partial charge in [-0.1, -0.05) is 35.9 Å². The molecule has 0 spiro atoms. The molecule has 6 rings (SSSR count). The first-order valence-electron chi connectivity index (χ1n) is 17.2. The fourth-order valence-corrected chi connectivity index (χ4v) is 6.16. The van der Waals surface area contributed by atoms with Crippen LogP contribution in [0.2, 0.25) is 0 Å². The highest BCUT2D eigenvalue weighted by molar-refractivity contribution is 6.26. The van der Waals surface area contributed by atoms with Crippen molar-refractivity contribution in [1.82, 2.24) is 30.7 Å². The number of nitrogens with one attached hydrogen (secondary N) is 4. The molecule has 16 heteroatoms. The molecule has 0 radical (unpaired) electrons. The van der Waals surface area contributed by atoms with Crippen LogP contribution in [0.3, 0.4) is 0 Å². The average molecular weight is 723 g/mol. The molecule has 3 heterocycles. The van der Waals surface area contributed by atoms with Gasteiger partial charge in [-0.25, -0.2) is 5.48 Å². The van der Waals surface area contributed by atoms with Crippen LogP contribution in [0.25, 0.3) is 0 Å². The van der Waals surface area contributed by atoms with Crippen LogP contribution in [-0.4, -0.2) is 66.6 Å². The smallest absolute Gasteiger partial charge is 0.274 e. The zero-order valence-corrected chi connectivity index (χ0v) is 28.9. The van der Waals surface area contributed by atoms with Gasteiger partial charge in [-0.3, -0.25) is 48.9 Å². The van der Waals surface area contributed by atoms with Crippen molar-refractivity contribution in [2.45, 2.75) is 71.2 Å². The number of rotatable bonds is 15. The van der Waals surface area contributed by atoms with E-state index in [2.05, 4.69) is 26.3 Å². The third-order valence-corrected chi connectivity index (χ3v) is 9.01. The summed E-state index contributed by atoms with van der Waals surface area (Å²) in [6, 6.07) is 16.2. The third-order valence-electron chi connectivity index (χ3n) is 9.01. The number of hydrogen-bond donors (Lipinski definition) is 5. The number of hydroxylamine groups is 1. The Bertz CT molecular complexity index is 2060. The van der Waals surface area contributed by atoms with Crippen molar-refractivity contribution in [3.05, 3.63) is 100 Å². The molecule has 5 N–H and O–H groups in total. The highest BCUT2D eigenvalue weighted by atomic mass is 16.5. The molecular weight excluding hydrogens is 684 g/mol. The molecule has 1 unspecified atom stereocenters. The molecule has 1 atom stereocenters. The van der Waals surface area contributed by atoms with Gasteiger partial charge in [0, 0.05) is 37.2 Å². The lowest BCUT2D eigenvalue weighted by molar-refractivity contribution is -0.136. The van der Waals surface area contributed by atoms with Crippen molar-refractivity contribution in [3.8, 4) is 5.75 Å². The normalized spacial score (nSPS) is 15.2. The van der Waals surface area contributed by atoms with Gasteiger partial charge in [-0.15, -0.1) is 5.10 Å². The van der Waals surface area contributed by atoms with Gasteiger partial charge in [-0.05, 0) is 73.7 Å². The Hall–Kier alpha value is -6.42.